The van der Waals surface area contributed by atoms with Crippen molar-refractivity contribution >= 4 is 17.2 Å². The molecule has 1 amide bonds. The van der Waals surface area contributed by atoms with Gasteiger partial charge >= 0.3 is 0 Å². The highest BCUT2D eigenvalue weighted by Crippen LogP contribution is 2.47. The van der Waals surface area contributed by atoms with Crippen molar-refractivity contribution in [3.05, 3.63) is 52.0 Å². The van der Waals surface area contributed by atoms with Crippen molar-refractivity contribution in [1.82, 2.24) is 9.47 Å². The van der Waals surface area contributed by atoms with Crippen LogP contribution in [-0.2, 0) is 19.4 Å². The number of fused-ring (bicyclic) bond motifs is 5. The molecule has 31 heavy (non-hydrogen) atoms. The highest BCUT2D eigenvalue weighted by atomic mass is 32.1. The summed E-state index contributed by atoms with van der Waals surface area (Å²) in [6, 6.07) is 8.75. The second-order valence-electron chi connectivity index (χ2n) is 9.64. The van der Waals surface area contributed by atoms with Crippen molar-refractivity contribution in [3.63, 3.8) is 0 Å². The number of amides is 1. The average molecular weight is 435 g/mol. The van der Waals surface area contributed by atoms with Crippen molar-refractivity contribution in [2.24, 2.45) is 0 Å². The fraction of sp³-hybridized carbons (Fsp3) is 0.423. The van der Waals surface area contributed by atoms with E-state index in [1.54, 1.807) is 18.4 Å². The number of hydrogen-bond acceptors (Lipinski definition) is 3. The van der Waals surface area contributed by atoms with Crippen molar-refractivity contribution in [1.29, 1.82) is 0 Å². The van der Waals surface area contributed by atoms with Crippen LogP contribution in [0.25, 0.3) is 21.7 Å². The van der Waals surface area contributed by atoms with Gasteiger partial charge < -0.3 is 14.2 Å². The van der Waals surface area contributed by atoms with E-state index in [1.807, 2.05) is 0 Å². The Morgan fingerprint density at radius 2 is 1.90 bits per heavy atom. The summed E-state index contributed by atoms with van der Waals surface area (Å²) in [5.41, 5.74) is 8.11. The zero-order valence-corrected chi connectivity index (χ0v) is 19.9. The van der Waals surface area contributed by atoms with Crippen LogP contribution in [0, 0.1) is 6.92 Å². The number of ether oxygens (including phenoxy) is 1. The maximum atomic E-state index is 13.9. The van der Waals surface area contributed by atoms with Crippen LogP contribution in [0.1, 0.15) is 54.4 Å². The van der Waals surface area contributed by atoms with Crippen molar-refractivity contribution < 1.29 is 9.53 Å². The maximum absolute atomic E-state index is 13.9. The Morgan fingerprint density at radius 1 is 1.10 bits per heavy atom. The Bertz CT molecular complexity index is 1170. The molecule has 162 valence electrons. The molecule has 4 nitrogen and oxygen atoms in total. The summed E-state index contributed by atoms with van der Waals surface area (Å²) < 4.78 is 7.93. The van der Waals surface area contributed by atoms with E-state index in [0.29, 0.717) is 0 Å². The van der Waals surface area contributed by atoms with Gasteiger partial charge in [-0.3, -0.25) is 4.79 Å². The Hall–Kier alpha value is -2.53. The van der Waals surface area contributed by atoms with Crippen LogP contribution in [-0.4, -0.2) is 34.6 Å². The first-order valence-corrected chi connectivity index (χ1v) is 12.0. The molecule has 4 heterocycles. The smallest absolute Gasteiger partial charge is 0.271 e. The van der Waals surface area contributed by atoms with Gasteiger partial charge in [0.15, 0.2) is 0 Å². The van der Waals surface area contributed by atoms with E-state index in [2.05, 4.69) is 66.8 Å². The topological polar surface area (TPSA) is 34.5 Å². The summed E-state index contributed by atoms with van der Waals surface area (Å²) in [4.78, 5) is 17.2. The standard InChI is InChI=1S/C26H30N2O2S/c1-16-14-19-17(15-20(16)30-5)10-12-27-23(19)22(21-9-7-13-31-21)18-8-6-11-28(26(2,3)4)25(29)24(18)27/h7,9,13-15H,6,8,10-12H2,1-5H3. The Kier molecular flexibility index (Phi) is 4.78. The molecular formula is C26H30N2O2S. The second kappa shape index (κ2) is 7.27. The zero-order chi connectivity index (χ0) is 21.9. The van der Waals surface area contributed by atoms with Crippen molar-refractivity contribution in [2.75, 3.05) is 13.7 Å². The third kappa shape index (κ3) is 3.13. The van der Waals surface area contributed by atoms with E-state index >= 15 is 0 Å². The number of aryl methyl sites for hydroxylation is 2. The number of nitrogens with zero attached hydrogens (tertiary/aromatic N) is 2. The monoisotopic (exact) mass is 434 g/mol. The molecule has 3 aromatic rings. The molecule has 0 N–H and O–H groups in total. The van der Waals surface area contributed by atoms with Gasteiger partial charge in [-0.05, 0) is 87.2 Å². The normalized spacial score (nSPS) is 15.9. The van der Waals surface area contributed by atoms with Gasteiger partial charge in [0, 0.05) is 34.6 Å². The molecule has 5 rings (SSSR count). The molecule has 0 aliphatic carbocycles. The minimum absolute atomic E-state index is 0.178. The molecule has 0 saturated carbocycles. The first-order valence-electron chi connectivity index (χ1n) is 11.1. The Labute approximate surface area is 188 Å². The lowest BCUT2D eigenvalue weighted by Crippen LogP contribution is -2.46. The van der Waals surface area contributed by atoms with Crippen molar-refractivity contribution in [3.8, 4) is 27.4 Å². The van der Waals surface area contributed by atoms with E-state index in [1.165, 1.54) is 32.8 Å². The summed E-state index contributed by atoms with van der Waals surface area (Å²) in [7, 11) is 1.74. The van der Waals surface area contributed by atoms with E-state index in [0.717, 1.165) is 49.4 Å². The SMILES string of the molecule is COc1cc2c(cc1C)-c1c(-c3cccs3)c3c(n1CC2)C(=O)N(C(C)(C)C)CCC3. The van der Waals surface area contributed by atoms with Gasteiger partial charge in [0.25, 0.3) is 5.91 Å². The fourth-order valence-corrected chi connectivity index (χ4v) is 6.04. The highest BCUT2D eigenvalue weighted by Gasteiger charge is 2.38. The summed E-state index contributed by atoms with van der Waals surface area (Å²) in [5, 5.41) is 2.13. The van der Waals surface area contributed by atoms with Crippen LogP contribution in [0.5, 0.6) is 5.75 Å². The number of methoxy groups -OCH3 is 1. The molecular weight excluding hydrogens is 404 g/mol. The van der Waals surface area contributed by atoms with Crippen LogP contribution in [0.2, 0.25) is 0 Å². The van der Waals surface area contributed by atoms with Crippen LogP contribution >= 0.6 is 11.3 Å². The first kappa shape index (κ1) is 20.4. The third-order valence-corrected chi connectivity index (χ3v) is 7.57. The van der Waals surface area contributed by atoms with Gasteiger partial charge in [-0.15, -0.1) is 11.3 Å². The van der Waals surface area contributed by atoms with Crippen LogP contribution in [0.3, 0.4) is 0 Å². The summed E-state index contributed by atoms with van der Waals surface area (Å²) in [6.07, 6.45) is 2.84. The molecule has 2 aliphatic heterocycles. The number of hydrogen-bond donors (Lipinski definition) is 0. The van der Waals surface area contributed by atoms with Gasteiger partial charge in [0.05, 0.1) is 12.8 Å². The minimum Gasteiger partial charge on any atom is -0.496 e. The largest absolute Gasteiger partial charge is 0.496 e. The molecule has 1 aromatic carbocycles. The van der Waals surface area contributed by atoms with E-state index < -0.39 is 0 Å². The first-order chi connectivity index (χ1) is 14.8. The average Bonchev–Trinajstić information content (AvgIpc) is 3.31. The van der Waals surface area contributed by atoms with E-state index in [9.17, 15) is 4.79 Å². The second-order valence-corrected chi connectivity index (χ2v) is 10.6. The molecule has 0 unspecified atom stereocenters. The molecule has 2 aromatic heterocycles. The van der Waals surface area contributed by atoms with Gasteiger partial charge in [-0.25, -0.2) is 0 Å². The molecule has 5 heteroatoms. The Balaban J connectivity index is 1.82. The van der Waals surface area contributed by atoms with Gasteiger partial charge in [-0.1, -0.05) is 6.07 Å². The van der Waals surface area contributed by atoms with Crippen LogP contribution in [0.15, 0.2) is 29.6 Å². The molecule has 0 radical (unpaired) electrons. The molecule has 0 saturated heterocycles. The third-order valence-electron chi connectivity index (χ3n) is 6.68. The molecule has 0 bridgehead atoms. The lowest BCUT2D eigenvalue weighted by Gasteiger charge is -2.35. The summed E-state index contributed by atoms with van der Waals surface area (Å²) in [5.74, 6) is 1.12. The number of carbonyl (C=O) groups excluding carboxylic acids is 1. The highest BCUT2D eigenvalue weighted by molar-refractivity contribution is 7.13. The minimum atomic E-state index is -0.191. The van der Waals surface area contributed by atoms with Gasteiger partial charge in [-0.2, -0.15) is 0 Å². The molecule has 0 atom stereocenters. The zero-order valence-electron chi connectivity index (χ0n) is 19.0. The predicted octanol–water partition coefficient (Wildman–Crippen LogP) is 5.94. The van der Waals surface area contributed by atoms with Crippen LogP contribution in [0.4, 0.5) is 0 Å². The summed E-state index contributed by atoms with van der Waals surface area (Å²) in [6.45, 7) is 10.2. The molecule has 2 aliphatic rings. The molecule has 0 fully saturated rings. The number of rotatable bonds is 2. The fourth-order valence-electron chi connectivity index (χ4n) is 5.24. The summed E-state index contributed by atoms with van der Waals surface area (Å²) >= 11 is 1.76. The van der Waals surface area contributed by atoms with Gasteiger partial charge in [0.2, 0.25) is 0 Å². The Morgan fingerprint density at radius 3 is 2.58 bits per heavy atom. The molecule has 0 spiro atoms. The number of carbonyl (C=O) groups is 1. The predicted molar refractivity (Wildman–Crippen MR) is 127 cm³/mol. The number of benzene rings is 1. The lowest BCUT2D eigenvalue weighted by atomic mass is 9.92. The van der Waals surface area contributed by atoms with Crippen LogP contribution < -0.4 is 4.74 Å². The van der Waals surface area contributed by atoms with Crippen molar-refractivity contribution in [2.45, 2.75) is 59.0 Å². The quantitative estimate of drug-likeness (QED) is 0.500. The van der Waals surface area contributed by atoms with Gasteiger partial charge in [0.1, 0.15) is 11.4 Å². The lowest BCUT2D eigenvalue weighted by molar-refractivity contribution is 0.0579. The van der Waals surface area contributed by atoms with E-state index in [4.69, 9.17) is 4.74 Å². The van der Waals surface area contributed by atoms with E-state index in [-0.39, 0.29) is 11.4 Å². The number of aromatic nitrogens is 1. The number of thiophene rings is 1. The maximum Gasteiger partial charge on any atom is 0.271 e.